The SMILES string of the molecule is CC(C)(C)NSc1ccc(Br)s1. The van der Waals surface area contributed by atoms with Gasteiger partial charge in [-0.05, 0) is 60.8 Å². The van der Waals surface area contributed by atoms with Gasteiger partial charge in [-0.25, -0.2) is 0 Å². The van der Waals surface area contributed by atoms with Gasteiger partial charge in [0.15, 0.2) is 0 Å². The molecule has 1 N–H and O–H groups in total. The molecule has 1 aromatic rings. The summed E-state index contributed by atoms with van der Waals surface area (Å²) in [7, 11) is 0. The Morgan fingerprint density at radius 3 is 2.50 bits per heavy atom. The van der Waals surface area contributed by atoms with Gasteiger partial charge in [0, 0.05) is 5.54 Å². The normalized spacial score (nSPS) is 12.0. The zero-order valence-electron chi connectivity index (χ0n) is 7.35. The molecule has 1 aromatic heterocycles. The highest BCUT2D eigenvalue weighted by Crippen LogP contribution is 2.29. The van der Waals surface area contributed by atoms with E-state index in [0.29, 0.717) is 0 Å². The number of hydrogen-bond acceptors (Lipinski definition) is 3. The van der Waals surface area contributed by atoms with Gasteiger partial charge >= 0.3 is 0 Å². The Kier molecular flexibility index (Phi) is 3.64. The second-order valence-corrected chi connectivity index (χ2v) is 7.08. The van der Waals surface area contributed by atoms with E-state index in [-0.39, 0.29) is 5.54 Å². The van der Waals surface area contributed by atoms with Gasteiger partial charge in [0.1, 0.15) is 0 Å². The van der Waals surface area contributed by atoms with Crippen LogP contribution in [-0.2, 0) is 0 Å². The van der Waals surface area contributed by atoms with E-state index in [1.54, 1.807) is 23.3 Å². The fraction of sp³-hybridized carbons (Fsp3) is 0.500. The van der Waals surface area contributed by atoms with Crippen molar-refractivity contribution in [2.24, 2.45) is 0 Å². The van der Waals surface area contributed by atoms with Crippen LogP contribution in [0.25, 0.3) is 0 Å². The number of halogens is 1. The van der Waals surface area contributed by atoms with Crippen LogP contribution in [0.2, 0.25) is 0 Å². The van der Waals surface area contributed by atoms with Crippen LogP contribution in [0.1, 0.15) is 20.8 Å². The maximum Gasteiger partial charge on any atom is 0.0763 e. The Hall–Kier alpha value is 0.490. The number of nitrogens with one attached hydrogen (secondary N) is 1. The van der Waals surface area contributed by atoms with Crippen LogP contribution in [0, 0.1) is 0 Å². The highest BCUT2D eigenvalue weighted by atomic mass is 79.9. The molecule has 0 aliphatic heterocycles. The van der Waals surface area contributed by atoms with E-state index in [1.807, 2.05) is 0 Å². The van der Waals surface area contributed by atoms with Gasteiger partial charge in [0.05, 0.1) is 8.00 Å². The predicted octanol–water partition coefficient (Wildman–Crippen LogP) is 3.91. The topological polar surface area (TPSA) is 12.0 Å². The smallest absolute Gasteiger partial charge is 0.0763 e. The largest absolute Gasteiger partial charge is 0.254 e. The minimum absolute atomic E-state index is 0.168. The molecule has 12 heavy (non-hydrogen) atoms. The zero-order valence-corrected chi connectivity index (χ0v) is 10.6. The van der Waals surface area contributed by atoms with Crippen LogP contribution in [0.3, 0.4) is 0 Å². The van der Waals surface area contributed by atoms with Crippen molar-refractivity contribution >= 4 is 39.2 Å². The lowest BCUT2D eigenvalue weighted by molar-refractivity contribution is 0.536. The molecule has 0 saturated heterocycles. The molecule has 0 aromatic carbocycles. The Labute approximate surface area is 90.2 Å². The van der Waals surface area contributed by atoms with Crippen molar-refractivity contribution in [3.8, 4) is 0 Å². The molecule has 4 heteroatoms. The van der Waals surface area contributed by atoms with Crippen LogP contribution in [-0.4, -0.2) is 5.54 Å². The predicted molar refractivity (Wildman–Crippen MR) is 60.8 cm³/mol. The van der Waals surface area contributed by atoms with E-state index in [1.165, 1.54) is 8.00 Å². The summed E-state index contributed by atoms with van der Waals surface area (Å²) in [6, 6.07) is 4.18. The second-order valence-electron chi connectivity index (χ2n) is 3.51. The van der Waals surface area contributed by atoms with Crippen molar-refractivity contribution in [2.45, 2.75) is 30.5 Å². The molecule has 0 bridgehead atoms. The molecule has 0 fully saturated rings. The first-order valence-corrected chi connectivity index (χ1v) is 6.09. The monoisotopic (exact) mass is 265 g/mol. The lowest BCUT2D eigenvalue weighted by atomic mass is 10.1. The highest BCUT2D eigenvalue weighted by molar-refractivity contribution is 9.11. The van der Waals surface area contributed by atoms with Crippen LogP contribution >= 0.6 is 39.2 Å². The molecule has 0 radical (unpaired) electrons. The molecule has 0 atom stereocenters. The number of hydrogen-bond donors (Lipinski definition) is 1. The average molecular weight is 266 g/mol. The summed E-state index contributed by atoms with van der Waals surface area (Å²) in [6.45, 7) is 6.47. The van der Waals surface area contributed by atoms with E-state index in [4.69, 9.17) is 0 Å². The quantitative estimate of drug-likeness (QED) is 0.815. The van der Waals surface area contributed by atoms with Crippen molar-refractivity contribution in [2.75, 3.05) is 0 Å². The first kappa shape index (κ1) is 10.6. The van der Waals surface area contributed by atoms with Gasteiger partial charge in [-0.15, -0.1) is 11.3 Å². The molecular weight excluding hydrogens is 254 g/mol. The molecule has 1 nitrogen and oxygen atoms in total. The third-order valence-corrected chi connectivity index (χ3v) is 3.98. The van der Waals surface area contributed by atoms with Crippen molar-refractivity contribution in [3.63, 3.8) is 0 Å². The Morgan fingerprint density at radius 1 is 1.42 bits per heavy atom. The van der Waals surface area contributed by atoms with Gasteiger partial charge in [-0.3, -0.25) is 4.72 Å². The number of rotatable bonds is 2. The minimum atomic E-state index is 0.168. The summed E-state index contributed by atoms with van der Waals surface area (Å²) >= 11 is 6.86. The maximum atomic E-state index is 3.43. The van der Waals surface area contributed by atoms with E-state index >= 15 is 0 Å². The van der Waals surface area contributed by atoms with Crippen LogP contribution in [0.5, 0.6) is 0 Å². The minimum Gasteiger partial charge on any atom is -0.254 e. The molecule has 1 heterocycles. The third-order valence-electron chi connectivity index (χ3n) is 1.01. The first-order valence-electron chi connectivity index (χ1n) is 3.67. The Morgan fingerprint density at radius 2 is 2.08 bits per heavy atom. The van der Waals surface area contributed by atoms with Crippen molar-refractivity contribution < 1.29 is 0 Å². The highest BCUT2D eigenvalue weighted by Gasteiger charge is 2.09. The Bertz CT molecular complexity index is 252. The van der Waals surface area contributed by atoms with E-state index in [0.717, 1.165) is 0 Å². The fourth-order valence-electron chi connectivity index (χ4n) is 0.556. The van der Waals surface area contributed by atoms with Gasteiger partial charge in [0.25, 0.3) is 0 Å². The van der Waals surface area contributed by atoms with E-state index in [2.05, 4.69) is 53.6 Å². The zero-order chi connectivity index (χ0) is 9.19. The van der Waals surface area contributed by atoms with Gasteiger partial charge in [0.2, 0.25) is 0 Å². The summed E-state index contributed by atoms with van der Waals surface area (Å²) in [4.78, 5) is 0. The standard InChI is InChI=1S/C8H12BrNS2/c1-8(2,3)10-12-7-5-4-6(9)11-7/h4-5,10H,1-3H3. The van der Waals surface area contributed by atoms with Crippen LogP contribution < -0.4 is 4.72 Å². The summed E-state index contributed by atoms with van der Waals surface area (Å²) < 4.78 is 5.83. The molecule has 0 aliphatic carbocycles. The van der Waals surface area contributed by atoms with Gasteiger partial charge in [-0.2, -0.15) is 0 Å². The van der Waals surface area contributed by atoms with Gasteiger partial charge < -0.3 is 0 Å². The average Bonchev–Trinajstić information content (AvgIpc) is 2.30. The van der Waals surface area contributed by atoms with Gasteiger partial charge in [-0.1, -0.05) is 0 Å². The molecule has 0 amide bonds. The Balaban J connectivity index is 2.44. The lowest BCUT2D eigenvalue weighted by Gasteiger charge is -2.18. The molecule has 0 spiro atoms. The van der Waals surface area contributed by atoms with Crippen LogP contribution in [0.15, 0.2) is 20.1 Å². The molecule has 1 rings (SSSR count). The second kappa shape index (κ2) is 4.13. The summed E-state index contributed by atoms with van der Waals surface area (Å²) in [6.07, 6.45) is 0. The molecule has 0 saturated carbocycles. The van der Waals surface area contributed by atoms with E-state index in [9.17, 15) is 0 Å². The third kappa shape index (κ3) is 3.94. The summed E-state index contributed by atoms with van der Waals surface area (Å²) in [5.74, 6) is 0. The van der Waals surface area contributed by atoms with Crippen LogP contribution in [0.4, 0.5) is 0 Å². The summed E-state index contributed by atoms with van der Waals surface area (Å²) in [5, 5.41) is 0. The lowest BCUT2D eigenvalue weighted by Crippen LogP contribution is -2.29. The first-order chi connectivity index (χ1) is 5.47. The maximum absolute atomic E-state index is 3.43. The molecule has 68 valence electrons. The fourth-order valence-corrected chi connectivity index (χ4v) is 3.10. The van der Waals surface area contributed by atoms with Crippen molar-refractivity contribution in [3.05, 3.63) is 15.9 Å². The molecule has 0 aliphatic rings. The molecule has 0 unspecified atom stereocenters. The van der Waals surface area contributed by atoms with Crippen molar-refractivity contribution in [1.82, 2.24) is 4.72 Å². The number of thiophene rings is 1. The van der Waals surface area contributed by atoms with Crippen molar-refractivity contribution in [1.29, 1.82) is 0 Å². The molecular formula is C8H12BrNS2. The van der Waals surface area contributed by atoms with E-state index < -0.39 is 0 Å². The summed E-state index contributed by atoms with van der Waals surface area (Å²) in [5.41, 5.74) is 0.168.